The van der Waals surface area contributed by atoms with E-state index in [1.807, 2.05) is 24.3 Å². The number of methoxy groups -OCH3 is 1. The first-order chi connectivity index (χ1) is 7.70. The van der Waals surface area contributed by atoms with Gasteiger partial charge in [-0.15, -0.1) is 11.3 Å². The second kappa shape index (κ2) is 4.59. The fourth-order valence-corrected chi connectivity index (χ4v) is 2.22. The first-order valence-corrected chi connectivity index (χ1v) is 5.83. The first-order valence-electron chi connectivity index (χ1n) is 4.61. The van der Waals surface area contributed by atoms with Crippen molar-refractivity contribution in [1.29, 1.82) is 0 Å². The number of thiazole rings is 1. The average Bonchev–Trinajstić information content (AvgIpc) is 2.78. The molecule has 0 bridgehead atoms. The van der Waals surface area contributed by atoms with Gasteiger partial charge in [-0.2, -0.15) is 0 Å². The van der Waals surface area contributed by atoms with Crippen LogP contribution in [0.15, 0.2) is 30.5 Å². The van der Waals surface area contributed by atoms with Crippen molar-refractivity contribution in [2.75, 3.05) is 7.11 Å². The Morgan fingerprint density at radius 3 is 2.94 bits per heavy atom. The van der Waals surface area contributed by atoms with Crippen molar-refractivity contribution in [2.45, 2.75) is 0 Å². The van der Waals surface area contributed by atoms with Crippen LogP contribution in [0.3, 0.4) is 0 Å². The number of nitrogens with zero attached hydrogens (tertiary/aromatic N) is 1. The predicted molar refractivity (Wildman–Crippen MR) is 70.0 cm³/mol. The molecule has 0 saturated carbocycles. The minimum Gasteiger partial charge on any atom is -0.497 e. The second-order valence-corrected chi connectivity index (χ2v) is 4.60. The minimum atomic E-state index is 0.381. The largest absolute Gasteiger partial charge is 0.497 e. The lowest BCUT2D eigenvalue weighted by Crippen LogP contribution is -2.06. The fourth-order valence-electron chi connectivity index (χ4n) is 1.28. The van der Waals surface area contributed by atoms with Crippen molar-refractivity contribution in [1.82, 2.24) is 4.98 Å². The van der Waals surface area contributed by atoms with Crippen LogP contribution in [0.5, 0.6) is 5.75 Å². The van der Waals surface area contributed by atoms with Gasteiger partial charge in [0, 0.05) is 11.8 Å². The third-order valence-corrected chi connectivity index (χ3v) is 3.49. The molecule has 0 aliphatic rings. The van der Waals surface area contributed by atoms with E-state index in [2.05, 4.69) is 4.98 Å². The summed E-state index contributed by atoms with van der Waals surface area (Å²) in [6.45, 7) is 0. The molecule has 2 aromatic rings. The zero-order valence-corrected chi connectivity index (χ0v) is 10.3. The number of ether oxygens (including phenoxy) is 1. The molecule has 0 radical (unpaired) electrons. The summed E-state index contributed by atoms with van der Waals surface area (Å²) in [6, 6.07) is 7.73. The van der Waals surface area contributed by atoms with Crippen molar-refractivity contribution in [3.8, 4) is 16.3 Å². The Balaban J connectivity index is 2.38. The summed E-state index contributed by atoms with van der Waals surface area (Å²) in [4.78, 5) is 5.49. The second-order valence-electron chi connectivity index (χ2n) is 3.13. The SMILES string of the molecule is COc1cccc(-c2ncc(C(N)=S)s2)c1. The molecule has 0 unspecified atom stereocenters. The van der Waals surface area contributed by atoms with Crippen molar-refractivity contribution in [3.63, 3.8) is 0 Å². The van der Waals surface area contributed by atoms with E-state index in [1.165, 1.54) is 11.3 Å². The Labute approximate surface area is 103 Å². The van der Waals surface area contributed by atoms with Gasteiger partial charge in [-0.05, 0) is 12.1 Å². The van der Waals surface area contributed by atoms with E-state index in [0.717, 1.165) is 21.2 Å². The van der Waals surface area contributed by atoms with E-state index in [0.29, 0.717) is 4.99 Å². The molecule has 1 aromatic carbocycles. The Bertz CT molecular complexity index is 522. The maximum absolute atomic E-state index is 5.54. The molecule has 0 saturated heterocycles. The Kier molecular flexibility index (Phi) is 3.17. The highest BCUT2D eigenvalue weighted by atomic mass is 32.1. The average molecular weight is 250 g/mol. The predicted octanol–water partition coefficient (Wildman–Crippen LogP) is 2.45. The molecule has 1 heterocycles. The number of nitrogens with two attached hydrogens (primary N) is 1. The third-order valence-electron chi connectivity index (χ3n) is 2.07. The van der Waals surface area contributed by atoms with Crippen LogP contribution in [-0.2, 0) is 0 Å². The van der Waals surface area contributed by atoms with Crippen LogP contribution in [0.25, 0.3) is 10.6 Å². The molecule has 1 aromatic heterocycles. The fraction of sp³-hybridized carbons (Fsp3) is 0.0909. The highest BCUT2D eigenvalue weighted by Gasteiger charge is 2.06. The standard InChI is InChI=1S/C11H10N2OS2/c1-14-8-4-2-3-7(5-8)11-13-6-9(16-11)10(12)15/h2-6H,1H3,(H2,12,15). The number of hydrogen-bond donors (Lipinski definition) is 1. The highest BCUT2D eigenvalue weighted by molar-refractivity contribution is 7.81. The van der Waals surface area contributed by atoms with E-state index in [4.69, 9.17) is 22.7 Å². The molecule has 5 heteroatoms. The van der Waals surface area contributed by atoms with Gasteiger partial charge < -0.3 is 10.5 Å². The molecular formula is C11H10N2OS2. The number of thiocarbonyl (C=S) groups is 1. The summed E-state index contributed by atoms with van der Waals surface area (Å²) in [7, 11) is 1.64. The van der Waals surface area contributed by atoms with Crippen LogP contribution >= 0.6 is 23.6 Å². The summed E-state index contributed by atoms with van der Waals surface area (Å²) >= 11 is 6.38. The van der Waals surface area contributed by atoms with Gasteiger partial charge in [0.1, 0.15) is 15.7 Å². The number of hydrogen-bond acceptors (Lipinski definition) is 4. The molecule has 0 spiro atoms. The van der Waals surface area contributed by atoms with Crippen LogP contribution in [0.1, 0.15) is 4.88 Å². The Morgan fingerprint density at radius 1 is 1.50 bits per heavy atom. The van der Waals surface area contributed by atoms with E-state index in [9.17, 15) is 0 Å². The van der Waals surface area contributed by atoms with E-state index in [-0.39, 0.29) is 0 Å². The molecule has 0 atom stereocenters. The summed E-state index contributed by atoms with van der Waals surface area (Å²) < 4.78 is 5.16. The van der Waals surface area contributed by atoms with E-state index >= 15 is 0 Å². The van der Waals surface area contributed by atoms with Crippen LogP contribution in [0.4, 0.5) is 0 Å². The maximum Gasteiger partial charge on any atom is 0.124 e. The molecule has 2 N–H and O–H groups in total. The van der Waals surface area contributed by atoms with Crippen LogP contribution in [-0.4, -0.2) is 17.1 Å². The van der Waals surface area contributed by atoms with Gasteiger partial charge in [-0.3, -0.25) is 0 Å². The minimum absolute atomic E-state index is 0.381. The monoisotopic (exact) mass is 250 g/mol. The smallest absolute Gasteiger partial charge is 0.124 e. The molecule has 2 rings (SSSR count). The first kappa shape index (κ1) is 11.0. The number of aromatic nitrogens is 1. The highest BCUT2D eigenvalue weighted by Crippen LogP contribution is 2.27. The topological polar surface area (TPSA) is 48.1 Å². The normalized spacial score (nSPS) is 10.1. The van der Waals surface area contributed by atoms with Gasteiger partial charge >= 0.3 is 0 Å². The molecule has 3 nitrogen and oxygen atoms in total. The van der Waals surface area contributed by atoms with Crippen molar-refractivity contribution in [2.24, 2.45) is 5.73 Å². The molecule has 0 aliphatic carbocycles. The summed E-state index contributed by atoms with van der Waals surface area (Å²) in [5, 5.41) is 0.890. The van der Waals surface area contributed by atoms with Gasteiger partial charge in [-0.25, -0.2) is 4.98 Å². The number of rotatable bonds is 3. The van der Waals surface area contributed by atoms with Gasteiger partial charge in [0.25, 0.3) is 0 Å². The lowest BCUT2D eigenvalue weighted by atomic mass is 10.2. The van der Waals surface area contributed by atoms with Gasteiger partial charge in [0.05, 0.1) is 12.0 Å². The van der Waals surface area contributed by atoms with Gasteiger partial charge in [-0.1, -0.05) is 24.4 Å². The van der Waals surface area contributed by atoms with E-state index < -0.39 is 0 Å². The summed E-state index contributed by atoms with van der Waals surface area (Å²) in [5.74, 6) is 0.810. The third kappa shape index (κ3) is 2.20. The number of benzene rings is 1. The Hall–Kier alpha value is -1.46. The zero-order chi connectivity index (χ0) is 11.5. The molecule has 16 heavy (non-hydrogen) atoms. The zero-order valence-electron chi connectivity index (χ0n) is 8.64. The van der Waals surface area contributed by atoms with E-state index in [1.54, 1.807) is 13.3 Å². The van der Waals surface area contributed by atoms with Crippen molar-refractivity contribution < 1.29 is 4.74 Å². The van der Waals surface area contributed by atoms with Crippen molar-refractivity contribution in [3.05, 3.63) is 35.3 Å². The molecule has 0 fully saturated rings. The van der Waals surface area contributed by atoms with Gasteiger partial charge in [0.2, 0.25) is 0 Å². The quantitative estimate of drug-likeness (QED) is 0.850. The van der Waals surface area contributed by atoms with Crippen LogP contribution in [0, 0.1) is 0 Å². The Morgan fingerprint density at radius 2 is 2.31 bits per heavy atom. The maximum atomic E-state index is 5.54. The van der Waals surface area contributed by atoms with Crippen LogP contribution < -0.4 is 10.5 Å². The molecular weight excluding hydrogens is 240 g/mol. The van der Waals surface area contributed by atoms with Crippen LogP contribution in [0.2, 0.25) is 0 Å². The summed E-state index contributed by atoms with van der Waals surface area (Å²) in [6.07, 6.45) is 1.70. The van der Waals surface area contributed by atoms with Gasteiger partial charge in [0.15, 0.2) is 0 Å². The molecule has 0 aliphatic heterocycles. The van der Waals surface area contributed by atoms with Crippen molar-refractivity contribution >= 4 is 28.5 Å². The lowest BCUT2D eigenvalue weighted by Gasteiger charge is -2.00. The molecule has 82 valence electrons. The summed E-state index contributed by atoms with van der Waals surface area (Å²) in [5.41, 5.74) is 6.54. The molecule has 0 amide bonds. The lowest BCUT2D eigenvalue weighted by molar-refractivity contribution is 0.415.